The first kappa shape index (κ1) is 11.3. The van der Waals surface area contributed by atoms with Gasteiger partial charge < -0.3 is 9.80 Å². The highest BCUT2D eigenvalue weighted by atomic mass is 16.2. The number of carbonyl (C=O) groups is 2. The van der Waals surface area contributed by atoms with Gasteiger partial charge in [0.1, 0.15) is 0 Å². The fraction of sp³-hybridized carbons (Fsp3) is 0.200. The van der Waals surface area contributed by atoms with Gasteiger partial charge >= 0.3 is 0 Å². The Morgan fingerprint density at radius 1 is 0.850 bits per heavy atom. The largest absolute Gasteiger partial charge is 0.356 e. The van der Waals surface area contributed by atoms with Gasteiger partial charge in [-0.3, -0.25) is 14.9 Å². The van der Waals surface area contributed by atoms with Gasteiger partial charge in [0, 0.05) is 47.4 Å². The number of carbonyl (C=O) groups excluding carboxylic acids is 2. The summed E-state index contributed by atoms with van der Waals surface area (Å²) in [4.78, 5) is 28.3. The van der Waals surface area contributed by atoms with Crippen LogP contribution in [-0.4, -0.2) is 32.6 Å². The van der Waals surface area contributed by atoms with Gasteiger partial charge in [-0.1, -0.05) is 0 Å². The van der Waals surface area contributed by atoms with Crippen LogP contribution in [0.2, 0.25) is 0 Å². The lowest BCUT2D eigenvalue weighted by Crippen LogP contribution is -2.38. The van der Waals surface area contributed by atoms with Crippen LogP contribution < -0.4 is 15.1 Å². The second-order valence-electron chi connectivity index (χ2n) is 5.34. The minimum atomic E-state index is -0.318. The molecule has 0 saturated heterocycles. The Labute approximate surface area is 115 Å². The summed E-state index contributed by atoms with van der Waals surface area (Å²) in [6.07, 6.45) is 0. The number of hydrogen-bond donors (Lipinski definition) is 1. The van der Waals surface area contributed by atoms with E-state index in [1.54, 1.807) is 12.1 Å². The van der Waals surface area contributed by atoms with Gasteiger partial charge in [0.15, 0.2) is 0 Å². The Bertz CT molecular complexity index is 737. The van der Waals surface area contributed by atoms with Gasteiger partial charge in [0.2, 0.25) is 0 Å². The van der Waals surface area contributed by atoms with Gasteiger partial charge in [-0.05, 0) is 24.3 Å². The van der Waals surface area contributed by atoms with Gasteiger partial charge in [0.25, 0.3) is 11.8 Å². The number of amides is 2. The van der Waals surface area contributed by atoms with Crippen molar-refractivity contribution in [2.75, 3.05) is 30.6 Å². The molecule has 0 fully saturated rings. The van der Waals surface area contributed by atoms with Crippen molar-refractivity contribution < 1.29 is 9.59 Å². The Hall–Kier alpha value is -2.56. The van der Waals surface area contributed by atoms with Crippen LogP contribution in [0.5, 0.6) is 0 Å². The van der Waals surface area contributed by atoms with Crippen LogP contribution in [-0.2, 0) is 0 Å². The summed E-state index contributed by atoms with van der Waals surface area (Å²) in [5.41, 5.74) is 3.26. The molecule has 0 unspecified atom stereocenters. The third kappa shape index (κ3) is 1.22. The molecular formula is C15H13N3O2. The number of nitrogens with one attached hydrogen (secondary N) is 1. The summed E-state index contributed by atoms with van der Waals surface area (Å²) in [7, 11) is 4.02. The van der Waals surface area contributed by atoms with Crippen molar-refractivity contribution in [2.24, 2.45) is 0 Å². The predicted molar refractivity (Wildman–Crippen MR) is 77.4 cm³/mol. The molecule has 4 rings (SSSR count). The molecule has 0 aliphatic carbocycles. The fourth-order valence-corrected chi connectivity index (χ4v) is 3.18. The van der Waals surface area contributed by atoms with Crippen LogP contribution in [0.25, 0.3) is 10.8 Å². The average molecular weight is 267 g/mol. The van der Waals surface area contributed by atoms with Gasteiger partial charge in [-0.25, -0.2) is 0 Å². The van der Waals surface area contributed by atoms with Crippen LogP contribution >= 0.6 is 0 Å². The molecule has 0 bridgehead atoms. The van der Waals surface area contributed by atoms with Crippen LogP contribution in [0.15, 0.2) is 24.3 Å². The van der Waals surface area contributed by atoms with Crippen LogP contribution in [0.1, 0.15) is 20.7 Å². The molecule has 1 N–H and O–H groups in total. The normalized spacial score (nSPS) is 16.7. The average Bonchev–Trinajstić information content (AvgIpc) is 2.42. The van der Waals surface area contributed by atoms with Crippen molar-refractivity contribution in [3.05, 3.63) is 35.4 Å². The van der Waals surface area contributed by atoms with E-state index in [9.17, 15) is 9.59 Å². The zero-order valence-corrected chi connectivity index (χ0v) is 11.2. The summed E-state index contributed by atoms with van der Waals surface area (Å²) in [6.45, 7) is 0.779. The van der Waals surface area contributed by atoms with E-state index in [1.807, 2.05) is 26.2 Å². The zero-order valence-electron chi connectivity index (χ0n) is 11.2. The van der Waals surface area contributed by atoms with Gasteiger partial charge in [-0.2, -0.15) is 0 Å². The molecule has 2 aliphatic heterocycles. The Morgan fingerprint density at radius 3 is 1.85 bits per heavy atom. The quantitative estimate of drug-likeness (QED) is 0.736. The maximum absolute atomic E-state index is 12.0. The molecule has 5 nitrogen and oxygen atoms in total. The Kier molecular flexibility index (Phi) is 1.98. The zero-order chi connectivity index (χ0) is 14.0. The number of nitrogens with zero attached hydrogens (tertiary/aromatic N) is 2. The Balaban J connectivity index is 2.23. The number of rotatable bonds is 0. The monoisotopic (exact) mass is 267 g/mol. The van der Waals surface area contributed by atoms with Crippen LogP contribution in [0.3, 0.4) is 0 Å². The molecule has 0 aromatic heterocycles. The number of imide groups is 1. The Morgan fingerprint density at radius 2 is 1.35 bits per heavy atom. The fourth-order valence-electron chi connectivity index (χ4n) is 3.18. The lowest BCUT2D eigenvalue weighted by atomic mass is 9.91. The van der Waals surface area contributed by atoms with Crippen molar-refractivity contribution >= 4 is 34.0 Å². The van der Waals surface area contributed by atoms with E-state index >= 15 is 0 Å². The van der Waals surface area contributed by atoms with E-state index in [2.05, 4.69) is 15.1 Å². The lowest BCUT2D eigenvalue weighted by molar-refractivity contribution is 0.0845. The van der Waals surface area contributed by atoms with Crippen molar-refractivity contribution in [1.29, 1.82) is 0 Å². The first-order valence-electron chi connectivity index (χ1n) is 6.45. The molecule has 0 atom stereocenters. The first-order chi connectivity index (χ1) is 9.58. The minimum Gasteiger partial charge on any atom is -0.356 e. The highest BCUT2D eigenvalue weighted by Crippen LogP contribution is 2.42. The molecule has 100 valence electrons. The van der Waals surface area contributed by atoms with Crippen molar-refractivity contribution in [3.63, 3.8) is 0 Å². The molecule has 0 radical (unpaired) electrons. The molecule has 2 aromatic carbocycles. The van der Waals surface area contributed by atoms with Crippen molar-refractivity contribution in [1.82, 2.24) is 5.32 Å². The SMILES string of the molecule is CN1CN(C)c2ccc3c4c(ccc1c24)C(=O)NC3=O. The lowest BCUT2D eigenvalue weighted by Gasteiger charge is -2.36. The molecule has 0 spiro atoms. The molecule has 2 heterocycles. The minimum absolute atomic E-state index is 0.318. The van der Waals surface area contributed by atoms with E-state index in [0.29, 0.717) is 11.1 Å². The second kappa shape index (κ2) is 3.50. The highest BCUT2D eigenvalue weighted by Gasteiger charge is 2.30. The number of benzene rings is 2. The second-order valence-corrected chi connectivity index (χ2v) is 5.34. The van der Waals surface area contributed by atoms with E-state index in [-0.39, 0.29) is 11.8 Å². The van der Waals surface area contributed by atoms with E-state index < -0.39 is 0 Å². The van der Waals surface area contributed by atoms with Crippen molar-refractivity contribution in [2.45, 2.75) is 0 Å². The summed E-state index contributed by atoms with van der Waals surface area (Å²) < 4.78 is 0. The molecule has 20 heavy (non-hydrogen) atoms. The molecule has 0 saturated carbocycles. The third-order valence-electron chi connectivity index (χ3n) is 4.08. The molecule has 2 aromatic rings. The number of anilines is 2. The maximum Gasteiger partial charge on any atom is 0.258 e. The molecule has 5 heteroatoms. The first-order valence-corrected chi connectivity index (χ1v) is 6.45. The van der Waals surface area contributed by atoms with Gasteiger partial charge in [0.05, 0.1) is 6.67 Å². The highest BCUT2D eigenvalue weighted by molar-refractivity contribution is 6.28. The van der Waals surface area contributed by atoms with Crippen LogP contribution in [0.4, 0.5) is 11.4 Å². The summed E-state index contributed by atoms with van der Waals surface area (Å²) in [5, 5.41) is 4.14. The summed E-state index contributed by atoms with van der Waals surface area (Å²) in [6, 6.07) is 7.50. The smallest absolute Gasteiger partial charge is 0.258 e. The summed E-state index contributed by atoms with van der Waals surface area (Å²) in [5.74, 6) is -0.635. The standard InChI is InChI=1S/C15H13N3O2/c1-17-7-18(2)11-6-4-9-12-8(14(19)16-15(9)20)3-5-10(17)13(11)12/h3-6H,7H2,1-2H3,(H,16,19,20). The molecule has 2 aliphatic rings. The van der Waals surface area contributed by atoms with E-state index in [1.165, 1.54) is 0 Å². The number of hydrogen-bond acceptors (Lipinski definition) is 4. The topological polar surface area (TPSA) is 52.6 Å². The third-order valence-corrected chi connectivity index (χ3v) is 4.08. The van der Waals surface area contributed by atoms with Crippen LogP contribution in [0, 0.1) is 0 Å². The maximum atomic E-state index is 12.0. The van der Waals surface area contributed by atoms with Gasteiger partial charge in [-0.15, -0.1) is 0 Å². The van der Waals surface area contributed by atoms with E-state index in [0.717, 1.165) is 28.8 Å². The summed E-state index contributed by atoms with van der Waals surface area (Å²) >= 11 is 0. The van der Waals surface area contributed by atoms with Crippen molar-refractivity contribution in [3.8, 4) is 0 Å². The van der Waals surface area contributed by atoms with E-state index in [4.69, 9.17) is 0 Å². The predicted octanol–water partition coefficient (Wildman–Crippen LogP) is 1.57. The molecule has 2 amide bonds. The molecular weight excluding hydrogens is 254 g/mol.